The van der Waals surface area contributed by atoms with E-state index in [4.69, 9.17) is 9.26 Å². The monoisotopic (exact) mass is 411 g/mol. The highest BCUT2D eigenvalue weighted by Crippen LogP contribution is 2.41. The number of carbonyl (C=O) groups is 1. The quantitative estimate of drug-likeness (QED) is 0.713. The number of carbonyl (C=O) groups excluding carboxylic acids is 1. The van der Waals surface area contributed by atoms with Gasteiger partial charge in [0.15, 0.2) is 5.76 Å². The third-order valence-corrected chi connectivity index (χ3v) is 6.74. The van der Waals surface area contributed by atoms with Gasteiger partial charge in [0.25, 0.3) is 0 Å². The Hall–Kier alpha value is -2.29. The van der Waals surface area contributed by atoms with E-state index in [1.54, 1.807) is 12.4 Å². The lowest BCUT2D eigenvalue weighted by atomic mass is 9.85. The molecule has 1 amide bonds. The van der Waals surface area contributed by atoms with E-state index in [9.17, 15) is 4.79 Å². The molecule has 1 spiro atoms. The van der Waals surface area contributed by atoms with Crippen molar-refractivity contribution >= 4 is 5.91 Å². The average Bonchev–Trinajstić information content (AvgIpc) is 3.50. The zero-order valence-electron chi connectivity index (χ0n) is 17.3. The van der Waals surface area contributed by atoms with Gasteiger partial charge in [0.1, 0.15) is 5.69 Å². The highest BCUT2D eigenvalue weighted by Gasteiger charge is 2.50. The van der Waals surface area contributed by atoms with Crippen LogP contribution in [0.25, 0.3) is 11.3 Å². The number of likely N-dealkylation sites (tertiary alicyclic amines) is 2. The molecule has 0 radical (unpaired) electrons. The highest BCUT2D eigenvalue weighted by molar-refractivity contribution is 5.85. The van der Waals surface area contributed by atoms with Crippen LogP contribution in [0.3, 0.4) is 0 Å². The topological polar surface area (TPSA) is 74.9 Å². The van der Waals surface area contributed by atoms with E-state index in [2.05, 4.69) is 24.8 Å². The minimum atomic E-state index is -0.209. The van der Waals surface area contributed by atoms with Gasteiger partial charge in [0.2, 0.25) is 5.91 Å². The molecule has 3 fully saturated rings. The van der Waals surface area contributed by atoms with Crippen LogP contribution in [-0.4, -0.2) is 89.8 Å². The Morgan fingerprint density at radius 2 is 1.80 bits per heavy atom. The summed E-state index contributed by atoms with van der Waals surface area (Å²) >= 11 is 0. The third-order valence-electron chi connectivity index (χ3n) is 6.74. The first-order valence-electron chi connectivity index (χ1n) is 10.9. The number of ether oxygens (including phenoxy) is 1. The Labute approximate surface area is 176 Å². The molecule has 1 atom stereocenters. The maximum atomic E-state index is 13.2. The summed E-state index contributed by atoms with van der Waals surface area (Å²) in [5.74, 6) is 1.18. The summed E-state index contributed by atoms with van der Waals surface area (Å²) in [7, 11) is 0. The molecule has 30 heavy (non-hydrogen) atoms. The van der Waals surface area contributed by atoms with Crippen LogP contribution in [0.2, 0.25) is 0 Å². The van der Waals surface area contributed by atoms with Crippen molar-refractivity contribution in [3.63, 3.8) is 0 Å². The average molecular weight is 412 g/mol. The van der Waals surface area contributed by atoms with Crippen LogP contribution in [0.15, 0.2) is 35.1 Å². The molecule has 5 heterocycles. The van der Waals surface area contributed by atoms with Crippen molar-refractivity contribution < 1.29 is 14.1 Å². The third kappa shape index (κ3) is 3.99. The van der Waals surface area contributed by atoms with Crippen LogP contribution in [0.4, 0.5) is 0 Å². The molecule has 3 aliphatic heterocycles. The first kappa shape index (κ1) is 19.7. The van der Waals surface area contributed by atoms with Gasteiger partial charge in [-0.2, -0.15) is 0 Å². The zero-order valence-corrected chi connectivity index (χ0v) is 17.3. The first-order valence-corrected chi connectivity index (χ1v) is 10.9. The molecule has 0 aromatic carbocycles. The van der Waals surface area contributed by atoms with Gasteiger partial charge in [-0.3, -0.25) is 19.6 Å². The zero-order chi connectivity index (χ0) is 20.4. The normalized spacial score (nSPS) is 25.6. The molecule has 1 unspecified atom stereocenters. The number of hydrogen-bond acceptors (Lipinski definition) is 7. The predicted octanol–water partition coefficient (Wildman–Crippen LogP) is 1.49. The van der Waals surface area contributed by atoms with Gasteiger partial charge in [0, 0.05) is 63.3 Å². The van der Waals surface area contributed by atoms with Crippen LogP contribution in [0.1, 0.15) is 18.6 Å². The summed E-state index contributed by atoms with van der Waals surface area (Å²) in [5.41, 5.74) is 1.62. The lowest BCUT2D eigenvalue weighted by molar-refractivity contribution is -0.135. The molecule has 0 saturated carbocycles. The van der Waals surface area contributed by atoms with Crippen molar-refractivity contribution in [3.8, 4) is 11.3 Å². The van der Waals surface area contributed by atoms with Crippen LogP contribution in [0.5, 0.6) is 0 Å². The number of aromatic nitrogens is 2. The SMILES string of the molecule is O=C1N(CCN2CCOCC2)CCC12CCN(Cc1cc(-c3ccncc3)no1)C2. The Morgan fingerprint density at radius 1 is 1.00 bits per heavy atom. The predicted molar refractivity (Wildman–Crippen MR) is 111 cm³/mol. The lowest BCUT2D eigenvalue weighted by Crippen LogP contribution is -2.43. The minimum Gasteiger partial charge on any atom is -0.379 e. The van der Waals surface area contributed by atoms with Crippen LogP contribution in [0, 0.1) is 5.41 Å². The van der Waals surface area contributed by atoms with Gasteiger partial charge in [-0.05, 0) is 31.5 Å². The summed E-state index contributed by atoms with van der Waals surface area (Å²) in [5, 5.41) is 4.20. The van der Waals surface area contributed by atoms with E-state index < -0.39 is 0 Å². The molecule has 5 rings (SSSR count). The molecule has 8 heteroatoms. The van der Waals surface area contributed by atoms with Gasteiger partial charge < -0.3 is 14.2 Å². The summed E-state index contributed by atoms with van der Waals surface area (Å²) in [6, 6.07) is 5.84. The van der Waals surface area contributed by atoms with Crippen LogP contribution < -0.4 is 0 Å². The van der Waals surface area contributed by atoms with Gasteiger partial charge >= 0.3 is 0 Å². The number of rotatable bonds is 6. The molecule has 0 bridgehead atoms. The van der Waals surface area contributed by atoms with E-state index in [0.29, 0.717) is 12.5 Å². The summed E-state index contributed by atoms with van der Waals surface area (Å²) in [6.07, 6.45) is 5.41. The Morgan fingerprint density at radius 3 is 2.63 bits per heavy atom. The molecule has 3 aliphatic rings. The van der Waals surface area contributed by atoms with Gasteiger partial charge in [0.05, 0.1) is 25.2 Å². The van der Waals surface area contributed by atoms with Crippen molar-refractivity contribution in [2.24, 2.45) is 5.41 Å². The molecule has 0 aliphatic carbocycles. The molecular formula is C22H29N5O3. The molecule has 3 saturated heterocycles. The molecule has 160 valence electrons. The molecule has 2 aromatic rings. The summed E-state index contributed by atoms with van der Waals surface area (Å²) in [4.78, 5) is 24.1. The second-order valence-corrected chi connectivity index (χ2v) is 8.65. The fraction of sp³-hybridized carbons (Fsp3) is 0.591. The van der Waals surface area contributed by atoms with Gasteiger partial charge in [-0.15, -0.1) is 0 Å². The van der Waals surface area contributed by atoms with Gasteiger partial charge in [-0.25, -0.2) is 0 Å². The summed E-state index contributed by atoms with van der Waals surface area (Å²) < 4.78 is 11.0. The van der Waals surface area contributed by atoms with E-state index in [1.165, 1.54) is 0 Å². The fourth-order valence-electron chi connectivity index (χ4n) is 4.93. The van der Waals surface area contributed by atoms with Crippen molar-refractivity contribution in [3.05, 3.63) is 36.4 Å². The van der Waals surface area contributed by atoms with Gasteiger partial charge in [-0.1, -0.05) is 5.16 Å². The smallest absolute Gasteiger partial charge is 0.230 e. The highest BCUT2D eigenvalue weighted by atomic mass is 16.5. The second-order valence-electron chi connectivity index (χ2n) is 8.65. The van der Waals surface area contributed by atoms with E-state index in [0.717, 1.165) is 88.9 Å². The lowest BCUT2D eigenvalue weighted by Gasteiger charge is -2.29. The fourth-order valence-corrected chi connectivity index (χ4v) is 4.93. The van der Waals surface area contributed by atoms with Crippen LogP contribution in [-0.2, 0) is 16.1 Å². The van der Waals surface area contributed by atoms with Crippen molar-refractivity contribution in [2.45, 2.75) is 19.4 Å². The Bertz CT molecular complexity index is 867. The molecule has 8 nitrogen and oxygen atoms in total. The van der Waals surface area contributed by atoms with Crippen molar-refractivity contribution in [1.29, 1.82) is 0 Å². The maximum absolute atomic E-state index is 13.2. The molecule has 0 N–H and O–H groups in total. The number of nitrogens with zero attached hydrogens (tertiary/aromatic N) is 5. The Kier molecular flexibility index (Phi) is 5.54. The van der Waals surface area contributed by atoms with E-state index in [-0.39, 0.29) is 5.41 Å². The van der Waals surface area contributed by atoms with Crippen molar-refractivity contribution in [1.82, 2.24) is 24.8 Å². The van der Waals surface area contributed by atoms with Crippen LogP contribution >= 0.6 is 0 Å². The molecule has 2 aromatic heterocycles. The van der Waals surface area contributed by atoms with E-state index >= 15 is 0 Å². The number of amides is 1. The minimum absolute atomic E-state index is 0.209. The Balaban J connectivity index is 1.15. The molecular weight excluding hydrogens is 382 g/mol. The maximum Gasteiger partial charge on any atom is 0.230 e. The summed E-state index contributed by atoms with van der Waals surface area (Å²) in [6.45, 7) is 8.64. The second kappa shape index (κ2) is 8.45. The number of hydrogen-bond donors (Lipinski definition) is 0. The largest absolute Gasteiger partial charge is 0.379 e. The standard InChI is InChI=1S/C22H29N5O3/c28-21-22(4-8-27(21)10-9-25-11-13-29-14-12-25)3-7-26(17-22)16-19-15-20(24-30-19)18-1-5-23-6-2-18/h1-2,5-6,15H,3-4,7-14,16-17H2. The van der Waals surface area contributed by atoms with E-state index in [1.807, 2.05) is 18.2 Å². The number of pyridine rings is 1. The van der Waals surface area contributed by atoms with Crippen molar-refractivity contribution in [2.75, 3.05) is 59.0 Å². The first-order chi connectivity index (χ1) is 14.7. The number of morpholine rings is 1.